The molecule has 1 N–H and O–H groups in total. The molecule has 12 heavy (non-hydrogen) atoms. The number of nitrogens with one attached hydrogen (secondary N) is 1. The molecule has 1 heterocycles. The molecule has 0 spiro atoms. The number of methoxy groups -OCH3 is 1. The maximum Gasteiger partial charge on any atom is 0.326 e. The minimum atomic E-state index is -1.78. The van der Waals surface area contributed by atoms with Gasteiger partial charge in [0.05, 0.1) is 7.11 Å². The average molecular weight is 202 g/mol. The average Bonchev–Trinajstić information content (AvgIpc) is 2.32. The van der Waals surface area contributed by atoms with Crippen LogP contribution in [0.2, 0.25) is 0 Å². The van der Waals surface area contributed by atoms with Crippen LogP contribution in [0.5, 0.6) is 0 Å². The second-order valence-corrected chi connectivity index (χ2v) is 2.37. The summed E-state index contributed by atoms with van der Waals surface area (Å²) in [4.78, 5) is 10.7. The van der Waals surface area contributed by atoms with Gasteiger partial charge in [0.25, 0.3) is 0 Å². The van der Waals surface area contributed by atoms with Crippen molar-refractivity contribution in [3.05, 3.63) is 0 Å². The van der Waals surface area contributed by atoms with Crippen LogP contribution in [0.1, 0.15) is 0 Å². The first kappa shape index (κ1) is 11.6. The van der Waals surface area contributed by atoms with Gasteiger partial charge in [-0.2, -0.15) is 0 Å². The highest BCUT2D eigenvalue weighted by Crippen LogP contribution is 2.15. The van der Waals surface area contributed by atoms with Crippen LogP contribution in [0, 0.1) is 0 Å². The summed E-state index contributed by atoms with van der Waals surface area (Å²) in [7, 11) is 1.14. The number of carbonyl (C=O) groups is 1. The summed E-state index contributed by atoms with van der Waals surface area (Å²) in [5.41, 5.74) is 0. The molecule has 1 aliphatic heterocycles. The van der Waals surface area contributed by atoms with E-state index in [1.807, 2.05) is 0 Å². The molecular formula is C6H10ClF2NO2. The minimum absolute atomic E-state index is 0. The summed E-state index contributed by atoms with van der Waals surface area (Å²) >= 11 is 0. The molecule has 1 saturated heterocycles. The first-order valence-electron chi connectivity index (χ1n) is 3.26. The molecule has 3 atom stereocenters. The molecule has 0 aliphatic carbocycles. The molecule has 3 unspecified atom stereocenters. The topological polar surface area (TPSA) is 38.3 Å². The lowest BCUT2D eigenvalue weighted by molar-refractivity contribution is -0.144. The maximum atomic E-state index is 12.7. The summed E-state index contributed by atoms with van der Waals surface area (Å²) in [5.74, 6) is -0.752. The van der Waals surface area contributed by atoms with Crippen molar-refractivity contribution in [3.8, 4) is 0 Å². The Balaban J connectivity index is 0.00000121. The van der Waals surface area contributed by atoms with E-state index in [9.17, 15) is 13.6 Å². The largest absolute Gasteiger partial charge is 0.468 e. The summed E-state index contributed by atoms with van der Waals surface area (Å²) in [6.45, 7) is -0.124. The normalized spacial score (nSPS) is 34.1. The number of hydrogen-bond donors (Lipinski definition) is 1. The molecule has 0 aromatic heterocycles. The Morgan fingerprint density at radius 3 is 2.50 bits per heavy atom. The smallest absolute Gasteiger partial charge is 0.326 e. The number of halogens is 3. The van der Waals surface area contributed by atoms with Crippen LogP contribution in [0.25, 0.3) is 0 Å². The Morgan fingerprint density at radius 2 is 2.17 bits per heavy atom. The standard InChI is InChI=1S/C6H9F2NO2.ClH/c1-11-6(10)5-4(8)3(7)2-9-5;/h3-5,9H,2H2,1H3;1H. The molecule has 0 bridgehead atoms. The number of rotatable bonds is 1. The highest BCUT2D eigenvalue weighted by Gasteiger charge is 2.41. The molecule has 0 radical (unpaired) electrons. The van der Waals surface area contributed by atoms with Gasteiger partial charge in [-0.15, -0.1) is 12.4 Å². The lowest BCUT2D eigenvalue weighted by Gasteiger charge is -2.09. The van der Waals surface area contributed by atoms with Crippen molar-refractivity contribution in [2.24, 2.45) is 0 Å². The van der Waals surface area contributed by atoms with Gasteiger partial charge in [-0.05, 0) is 0 Å². The Labute approximate surface area is 74.9 Å². The molecular weight excluding hydrogens is 192 g/mol. The van der Waals surface area contributed by atoms with Crippen molar-refractivity contribution in [2.45, 2.75) is 18.4 Å². The van der Waals surface area contributed by atoms with Gasteiger partial charge >= 0.3 is 5.97 Å². The van der Waals surface area contributed by atoms with Crippen molar-refractivity contribution < 1.29 is 18.3 Å². The van der Waals surface area contributed by atoms with Crippen molar-refractivity contribution in [1.82, 2.24) is 5.32 Å². The first-order valence-corrected chi connectivity index (χ1v) is 3.26. The predicted molar refractivity (Wildman–Crippen MR) is 40.8 cm³/mol. The highest BCUT2D eigenvalue weighted by atomic mass is 35.5. The van der Waals surface area contributed by atoms with Gasteiger partial charge in [0, 0.05) is 6.54 Å². The minimum Gasteiger partial charge on any atom is -0.468 e. The fourth-order valence-corrected chi connectivity index (χ4v) is 1.01. The Hall–Kier alpha value is -0.420. The van der Waals surface area contributed by atoms with Crippen molar-refractivity contribution in [1.29, 1.82) is 0 Å². The third kappa shape index (κ3) is 2.04. The Morgan fingerprint density at radius 1 is 1.58 bits per heavy atom. The molecule has 0 amide bonds. The van der Waals surface area contributed by atoms with E-state index in [1.165, 1.54) is 0 Å². The van der Waals surface area contributed by atoms with E-state index >= 15 is 0 Å². The van der Waals surface area contributed by atoms with Gasteiger partial charge in [-0.3, -0.25) is 10.1 Å². The molecule has 1 fully saturated rings. The van der Waals surface area contributed by atoms with E-state index in [-0.39, 0.29) is 19.0 Å². The number of esters is 1. The molecule has 3 nitrogen and oxygen atoms in total. The zero-order valence-corrected chi connectivity index (χ0v) is 7.24. The third-order valence-corrected chi connectivity index (χ3v) is 1.65. The fourth-order valence-electron chi connectivity index (χ4n) is 1.01. The zero-order valence-electron chi connectivity index (χ0n) is 6.42. The lowest BCUT2D eigenvalue weighted by atomic mass is 10.2. The molecule has 0 aromatic rings. The number of ether oxygens (including phenoxy) is 1. The highest BCUT2D eigenvalue weighted by molar-refractivity contribution is 5.85. The number of hydrogen-bond acceptors (Lipinski definition) is 3. The Kier molecular flexibility index (Phi) is 4.41. The van der Waals surface area contributed by atoms with Crippen LogP contribution in [0.4, 0.5) is 8.78 Å². The molecule has 1 aliphatic rings. The van der Waals surface area contributed by atoms with Crippen LogP contribution in [0.3, 0.4) is 0 Å². The number of alkyl halides is 2. The molecule has 1 rings (SSSR count). The van der Waals surface area contributed by atoms with E-state index in [4.69, 9.17) is 0 Å². The van der Waals surface area contributed by atoms with Crippen molar-refractivity contribution in [3.63, 3.8) is 0 Å². The lowest BCUT2D eigenvalue weighted by Crippen LogP contribution is -2.38. The van der Waals surface area contributed by atoms with Gasteiger partial charge in [0.1, 0.15) is 12.2 Å². The summed E-state index contributed by atoms with van der Waals surface area (Å²) in [6, 6.07) is -1.13. The zero-order chi connectivity index (χ0) is 8.43. The fraction of sp³-hybridized carbons (Fsp3) is 0.833. The SMILES string of the molecule is COC(=O)C1NCC(F)C1F.Cl. The summed E-state index contributed by atoms with van der Waals surface area (Å²) in [5, 5.41) is 2.38. The van der Waals surface area contributed by atoms with E-state index in [0.29, 0.717) is 0 Å². The predicted octanol–water partition coefficient (Wildman–Crippen LogP) is 0.229. The molecule has 0 aromatic carbocycles. The quantitative estimate of drug-likeness (QED) is 0.618. The third-order valence-electron chi connectivity index (χ3n) is 1.65. The molecule has 0 saturated carbocycles. The van der Waals surface area contributed by atoms with Gasteiger partial charge in [-0.25, -0.2) is 8.78 Å². The van der Waals surface area contributed by atoms with Gasteiger partial charge < -0.3 is 4.74 Å². The second-order valence-electron chi connectivity index (χ2n) is 2.37. The van der Waals surface area contributed by atoms with Crippen LogP contribution in [0.15, 0.2) is 0 Å². The molecule has 72 valence electrons. The van der Waals surface area contributed by atoms with E-state index < -0.39 is 24.4 Å². The van der Waals surface area contributed by atoms with Gasteiger partial charge in [0.2, 0.25) is 0 Å². The summed E-state index contributed by atoms with van der Waals surface area (Å²) < 4.78 is 29.3. The van der Waals surface area contributed by atoms with E-state index in [2.05, 4.69) is 10.1 Å². The monoisotopic (exact) mass is 201 g/mol. The maximum absolute atomic E-state index is 12.7. The summed E-state index contributed by atoms with van der Waals surface area (Å²) in [6.07, 6.45) is -3.37. The molecule has 6 heteroatoms. The van der Waals surface area contributed by atoms with E-state index in [1.54, 1.807) is 0 Å². The van der Waals surface area contributed by atoms with Crippen molar-refractivity contribution in [2.75, 3.05) is 13.7 Å². The first-order chi connectivity index (χ1) is 5.16. The van der Waals surface area contributed by atoms with Crippen LogP contribution >= 0.6 is 12.4 Å². The van der Waals surface area contributed by atoms with Crippen molar-refractivity contribution >= 4 is 18.4 Å². The van der Waals surface area contributed by atoms with Gasteiger partial charge in [0.15, 0.2) is 6.17 Å². The Bertz CT molecular complexity index is 170. The number of carbonyl (C=O) groups excluding carboxylic acids is 1. The van der Waals surface area contributed by atoms with Crippen LogP contribution < -0.4 is 5.32 Å². The van der Waals surface area contributed by atoms with Crippen LogP contribution in [-0.2, 0) is 9.53 Å². The van der Waals surface area contributed by atoms with Crippen LogP contribution in [-0.4, -0.2) is 38.0 Å². The van der Waals surface area contributed by atoms with Gasteiger partial charge in [-0.1, -0.05) is 0 Å². The second kappa shape index (κ2) is 4.57. The van der Waals surface area contributed by atoms with E-state index in [0.717, 1.165) is 7.11 Å².